The molecule has 1 aromatic carbocycles. The molecule has 2 aliphatic carbocycles. The van der Waals surface area contributed by atoms with E-state index in [9.17, 15) is 0 Å². The summed E-state index contributed by atoms with van der Waals surface area (Å²) < 4.78 is 0. The van der Waals surface area contributed by atoms with Crippen LogP contribution >= 0.6 is 11.8 Å². The van der Waals surface area contributed by atoms with Crippen LogP contribution in [0.1, 0.15) is 77.3 Å². The molecule has 1 atom stereocenters. The molecule has 0 heterocycles. The van der Waals surface area contributed by atoms with E-state index in [0.717, 1.165) is 0 Å². The molecule has 2 aliphatic rings. The van der Waals surface area contributed by atoms with Gasteiger partial charge in [-0.25, -0.2) is 0 Å². The van der Waals surface area contributed by atoms with Gasteiger partial charge in [-0.15, -0.1) is 0 Å². The SMILES string of the molecule is CCCc1cccc(C(C)(CC2=CC=C(SC3=CC=CCC3)CC2)C(C)C)c1. The first-order chi connectivity index (χ1) is 13.5. The average Bonchev–Trinajstić information content (AvgIpc) is 2.70. The minimum atomic E-state index is 0.199. The molecule has 0 bridgehead atoms. The lowest BCUT2D eigenvalue weighted by molar-refractivity contribution is 0.331. The fraction of sp³-hybridized carbons (Fsp3) is 0.481. The summed E-state index contributed by atoms with van der Waals surface area (Å²) >= 11 is 2.00. The minimum absolute atomic E-state index is 0.199. The highest BCUT2D eigenvalue weighted by atomic mass is 32.2. The van der Waals surface area contributed by atoms with Crippen molar-refractivity contribution in [3.8, 4) is 0 Å². The lowest BCUT2D eigenvalue weighted by atomic mass is 9.68. The lowest BCUT2D eigenvalue weighted by Crippen LogP contribution is -2.29. The number of hydrogen-bond acceptors (Lipinski definition) is 1. The second-order valence-electron chi connectivity index (χ2n) is 8.86. The Labute approximate surface area is 176 Å². The highest BCUT2D eigenvalue weighted by Gasteiger charge is 2.32. The second kappa shape index (κ2) is 9.83. The third-order valence-corrected chi connectivity index (χ3v) is 7.63. The van der Waals surface area contributed by atoms with Crippen LogP contribution in [0, 0.1) is 5.92 Å². The Bertz CT molecular complexity index is 790. The van der Waals surface area contributed by atoms with Crippen LogP contribution in [0.4, 0.5) is 0 Å². The summed E-state index contributed by atoms with van der Waals surface area (Å²) in [7, 11) is 0. The van der Waals surface area contributed by atoms with Crippen molar-refractivity contribution >= 4 is 11.8 Å². The topological polar surface area (TPSA) is 0 Å². The Balaban J connectivity index is 1.74. The first-order valence-corrected chi connectivity index (χ1v) is 11.8. The van der Waals surface area contributed by atoms with E-state index in [-0.39, 0.29) is 5.41 Å². The molecule has 0 saturated heterocycles. The standard InChI is InChI=1S/C27H36S/c1-5-10-22-11-9-12-24(19-22)27(4,21(2)3)20-23-15-17-26(18-16-23)28-25-13-7-6-8-14-25/h6-7,9,11-13,15,17,19,21H,5,8,10,14,16,18,20H2,1-4H3. The van der Waals surface area contributed by atoms with Crippen molar-refractivity contribution in [2.75, 3.05) is 0 Å². The van der Waals surface area contributed by atoms with Crippen molar-refractivity contribution in [3.05, 3.63) is 81.2 Å². The summed E-state index contributed by atoms with van der Waals surface area (Å²) in [6.45, 7) is 9.51. The van der Waals surface area contributed by atoms with Gasteiger partial charge in [0.05, 0.1) is 0 Å². The fourth-order valence-electron chi connectivity index (χ4n) is 4.21. The molecule has 0 aliphatic heterocycles. The monoisotopic (exact) mass is 392 g/mol. The number of aryl methyl sites for hydroxylation is 1. The van der Waals surface area contributed by atoms with Crippen LogP contribution in [0.25, 0.3) is 0 Å². The van der Waals surface area contributed by atoms with Crippen molar-refractivity contribution in [1.82, 2.24) is 0 Å². The average molecular weight is 393 g/mol. The maximum atomic E-state index is 2.47. The second-order valence-corrected chi connectivity index (χ2v) is 10.1. The van der Waals surface area contributed by atoms with Crippen LogP contribution in [0.15, 0.2) is 70.0 Å². The molecule has 0 aromatic heterocycles. The molecule has 0 fully saturated rings. The normalized spacial score (nSPS) is 19.1. The van der Waals surface area contributed by atoms with Crippen molar-refractivity contribution in [2.24, 2.45) is 5.92 Å². The van der Waals surface area contributed by atoms with Gasteiger partial charge in [0.25, 0.3) is 0 Å². The molecule has 150 valence electrons. The fourth-order valence-corrected chi connectivity index (χ4v) is 5.25. The number of thioether (sulfide) groups is 1. The molecule has 0 saturated carbocycles. The molecule has 1 unspecified atom stereocenters. The number of allylic oxidation sites excluding steroid dienone is 8. The molecular formula is C27H36S. The van der Waals surface area contributed by atoms with E-state index in [0.29, 0.717) is 5.92 Å². The van der Waals surface area contributed by atoms with Gasteiger partial charge in [0.15, 0.2) is 0 Å². The zero-order valence-electron chi connectivity index (χ0n) is 18.1. The van der Waals surface area contributed by atoms with Gasteiger partial charge in [0.1, 0.15) is 0 Å². The Morgan fingerprint density at radius 2 is 1.86 bits per heavy atom. The quantitative estimate of drug-likeness (QED) is 0.427. The van der Waals surface area contributed by atoms with Crippen molar-refractivity contribution < 1.29 is 0 Å². The summed E-state index contributed by atoms with van der Waals surface area (Å²) in [5, 5.41) is 0. The third kappa shape index (κ3) is 5.32. The largest absolute Gasteiger partial charge is 0.0990 e. The molecule has 0 radical (unpaired) electrons. The Morgan fingerprint density at radius 1 is 1.04 bits per heavy atom. The van der Waals surface area contributed by atoms with Crippen LogP contribution in [0.3, 0.4) is 0 Å². The van der Waals surface area contributed by atoms with E-state index < -0.39 is 0 Å². The first kappa shape index (κ1) is 21.2. The first-order valence-electron chi connectivity index (χ1n) is 11.0. The van der Waals surface area contributed by atoms with Crippen LogP contribution < -0.4 is 0 Å². The van der Waals surface area contributed by atoms with Gasteiger partial charge in [-0.3, -0.25) is 0 Å². The van der Waals surface area contributed by atoms with E-state index in [4.69, 9.17) is 0 Å². The van der Waals surface area contributed by atoms with Crippen LogP contribution in [0.5, 0.6) is 0 Å². The zero-order chi connectivity index (χ0) is 20.0. The molecule has 28 heavy (non-hydrogen) atoms. The van der Waals surface area contributed by atoms with Gasteiger partial charge >= 0.3 is 0 Å². The van der Waals surface area contributed by atoms with Crippen molar-refractivity contribution in [2.45, 2.75) is 78.1 Å². The van der Waals surface area contributed by atoms with Crippen LogP contribution in [-0.4, -0.2) is 0 Å². The molecule has 0 nitrogen and oxygen atoms in total. The number of benzene rings is 1. The smallest absolute Gasteiger partial charge is 0.00150 e. The maximum absolute atomic E-state index is 2.47. The third-order valence-electron chi connectivity index (χ3n) is 6.43. The van der Waals surface area contributed by atoms with E-state index in [2.05, 4.69) is 82.3 Å². The van der Waals surface area contributed by atoms with Gasteiger partial charge < -0.3 is 0 Å². The molecular weight excluding hydrogens is 356 g/mol. The lowest BCUT2D eigenvalue weighted by Gasteiger charge is -2.36. The maximum Gasteiger partial charge on any atom is -0.00150 e. The molecule has 0 spiro atoms. The summed E-state index contributed by atoms with van der Waals surface area (Å²) in [4.78, 5) is 3.05. The van der Waals surface area contributed by atoms with Crippen LogP contribution in [0.2, 0.25) is 0 Å². The Hall–Kier alpha value is -1.47. The molecule has 1 heteroatoms. The summed E-state index contributed by atoms with van der Waals surface area (Å²) in [6.07, 6.45) is 19.9. The summed E-state index contributed by atoms with van der Waals surface area (Å²) in [5.74, 6) is 0.615. The minimum Gasteiger partial charge on any atom is -0.0990 e. The van der Waals surface area contributed by atoms with Gasteiger partial charge in [0.2, 0.25) is 0 Å². The molecule has 0 amide bonds. The summed E-state index contributed by atoms with van der Waals surface area (Å²) in [5.41, 5.74) is 4.81. The van der Waals surface area contributed by atoms with Gasteiger partial charge in [0, 0.05) is 0 Å². The van der Waals surface area contributed by atoms with E-state index in [1.165, 1.54) is 65.9 Å². The van der Waals surface area contributed by atoms with E-state index in [1.807, 2.05) is 11.8 Å². The highest BCUT2D eigenvalue weighted by molar-refractivity contribution is 8.06. The molecule has 1 aromatic rings. The molecule has 0 N–H and O–H groups in total. The number of rotatable bonds is 8. The van der Waals surface area contributed by atoms with Gasteiger partial charge in [-0.1, -0.05) is 106 Å². The van der Waals surface area contributed by atoms with Gasteiger partial charge in [-0.2, -0.15) is 0 Å². The summed E-state index contributed by atoms with van der Waals surface area (Å²) in [6, 6.07) is 9.36. The number of hydrogen-bond donors (Lipinski definition) is 0. The van der Waals surface area contributed by atoms with Crippen molar-refractivity contribution in [3.63, 3.8) is 0 Å². The molecule has 3 rings (SSSR count). The zero-order valence-corrected chi connectivity index (χ0v) is 18.9. The van der Waals surface area contributed by atoms with Crippen LogP contribution in [-0.2, 0) is 11.8 Å². The van der Waals surface area contributed by atoms with E-state index >= 15 is 0 Å². The Kier molecular flexibility index (Phi) is 7.46. The van der Waals surface area contributed by atoms with E-state index in [1.54, 1.807) is 5.57 Å². The highest BCUT2D eigenvalue weighted by Crippen LogP contribution is 2.42. The predicted molar refractivity (Wildman–Crippen MR) is 127 cm³/mol. The van der Waals surface area contributed by atoms with Gasteiger partial charge in [-0.05, 0) is 70.8 Å². The predicted octanol–water partition coefficient (Wildman–Crippen LogP) is 8.51. The Morgan fingerprint density at radius 3 is 2.50 bits per heavy atom. The van der Waals surface area contributed by atoms with Crippen molar-refractivity contribution in [1.29, 1.82) is 0 Å².